The molecule has 0 bridgehead atoms. The van der Waals surface area contributed by atoms with Gasteiger partial charge >= 0.3 is 6.18 Å². The predicted molar refractivity (Wildman–Crippen MR) is 61.1 cm³/mol. The van der Waals surface area contributed by atoms with Crippen LogP contribution in [0.5, 0.6) is 0 Å². The number of carbonyl (C=O) groups excluding carboxylic acids is 1. The van der Waals surface area contributed by atoms with Gasteiger partial charge < -0.3 is 4.90 Å². The average Bonchev–Trinajstić information content (AvgIpc) is 2.55. The van der Waals surface area contributed by atoms with Crippen molar-refractivity contribution >= 4 is 24.2 Å². The first-order valence-electron chi connectivity index (χ1n) is 5.15. The Morgan fingerprint density at radius 3 is 2.50 bits per heavy atom. The van der Waals surface area contributed by atoms with Crippen LogP contribution in [-0.2, 0) is 11.0 Å². The van der Waals surface area contributed by atoms with Crippen LogP contribution < -0.4 is 4.90 Å². The van der Waals surface area contributed by atoms with Crippen LogP contribution in [-0.4, -0.2) is 17.7 Å². The number of hydrogen-bond acceptors (Lipinski definition) is 2. The molecule has 98 valence electrons. The van der Waals surface area contributed by atoms with Gasteiger partial charge in [-0.25, -0.2) is 4.39 Å². The highest BCUT2D eigenvalue weighted by Crippen LogP contribution is 2.39. The number of rotatable bonds is 1. The molecule has 0 saturated carbocycles. The minimum absolute atomic E-state index is 0.0501. The van der Waals surface area contributed by atoms with Crippen LogP contribution in [0, 0.1) is 5.82 Å². The second-order valence-corrected chi connectivity index (χ2v) is 4.72. The third-order valence-electron chi connectivity index (χ3n) is 2.67. The van der Waals surface area contributed by atoms with Crippen molar-refractivity contribution in [3.63, 3.8) is 0 Å². The fraction of sp³-hybridized carbons (Fsp3) is 0.364. The normalized spacial score (nSPS) is 20.6. The van der Waals surface area contributed by atoms with Gasteiger partial charge in [-0.2, -0.15) is 25.8 Å². The molecule has 1 amide bonds. The molecule has 1 atom stereocenters. The Morgan fingerprint density at radius 1 is 1.33 bits per heavy atom. The molecule has 2 nitrogen and oxygen atoms in total. The van der Waals surface area contributed by atoms with E-state index < -0.39 is 29.2 Å². The highest BCUT2D eigenvalue weighted by Gasteiger charge is 2.40. The molecule has 1 fully saturated rings. The maximum atomic E-state index is 13.3. The van der Waals surface area contributed by atoms with Crippen molar-refractivity contribution in [1.82, 2.24) is 0 Å². The van der Waals surface area contributed by atoms with E-state index in [1.807, 2.05) is 0 Å². The molecule has 0 spiro atoms. The van der Waals surface area contributed by atoms with Crippen molar-refractivity contribution in [2.45, 2.75) is 17.8 Å². The summed E-state index contributed by atoms with van der Waals surface area (Å²) in [6.07, 6.45) is -4.79. The smallest absolute Gasteiger partial charge is 0.311 e. The summed E-state index contributed by atoms with van der Waals surface area (Å²) in [5, 5.41) is -0.332. The van der Waals surface area contributed by atoms with Crippen molar-refractivity contribution in [2.75, 3.05) is 11.4 Å². The first-order valence-corrected chi connectivity index (χ1v) is 5.66. The molecule has 1 unspecified atom stereocenters. The van der Waals surface area contributed by atoms with E-state index in [0.29, 0.717) is 0 Å². The van der Waals surface area contributed by atoms with Crippen molar-refractivity contribution in [1.29, 1.82) is 0 Å². The van der Waals surface area contributed by atoms with Gasteiger partial charge in [0.25, 0.3) is 0 Å². The number of alkyl halides is 3. The first-order chi connectivity index (χ1) is 8.30. The van der Waals surface area contributed by atoms with Gasteiger partial charge in [0, 0.05) is 18.2 Å². The van der Waals surface area contributed by atoms with Gasteiger partial charge in [0.05, 0.1) is 5.69 Å². The minimum Gasteiger partial charge on any atom is -0.311 e. The summed E-state index contributed by atoms with van der Waals surface area (Å²) in [7, 11) is 0. The molecule has 18 heavy (non-hydrogen) atoms. The topological polar surface area (TPSA) is 20.3 Å². The second kappa shape index (κ2) is 4.46. The zero-order valence-electron chi connectivity index (χ0n) is 9.04. The van der Waals surface area contributed by atoms with E-state index >= 15 is 0 Å². The molecule has 1 heterocycles. The summed E-state index contributed by atoms with van der Waals surface area (Å²) >= 11 is 4.06. The molecule has 1 aliphatic rings. The van der Waals surface area contributed by atoms with Gasteiger partial charge in [0.15, 0.2) is 0 Å². The lowest BCUT2D eigenvalue weighted by Crippen LogP contribution is -2.28. The van der Waals surface area contributed by atoms with Gasteiger partial charge in [0.2, 0.25) is 5.91 Å². The van der Waals surface area contributed by atoms with Crippen molar-refractivity contribution in [2.24, 2.45) is 0 Å². The van der Waals surface area contributed by atoms with E-state index in [1.54, 1.807) is 0 Å². The minimum atomic E-state index is -4.84. The van der Waals surface area contributed by atoms with Gasteiger partial charge in [-0.15, -0.1) is 0 Å². The number of halogens is 4. The molecule has 0 aromatic heterocycles. The number of nitrogens with zero attached hydrogens (tertiary/aromatic N) is 1. The fourth-order valence-corrected chi connectivity index (χ4v) is 2.26. The van der Waals surface area contributed by atoms with Gasteiger partial charge in [-0.05, 0) is 12.1 Å². The summed E-state index contributed by atoms with van der Waals surface area (Å²) in [6, 6.07) is 2.97. The zero-order chi connectivity index (χ0) is 13.5. The van der Waals surface area contributed by atoms with Crippen molar-refractivity contribution < 1.29 is 22.4 Å². The standard InChI is InChI=1S/C11H9F4NOS/c12-7-2-1-3-8(10(7)11(13,14)15)16-5-6(18)4-9(16)17/h1-3,6,18H,4-5H2. The summed E-state index contributed by atoms with van der Waals surface area (Å²) in [5.74, 6) is -1.86. The number of amides is 1. The molecular weight excluding hydrogens is 270 g/mol. The van der Waals surface area contributed by atoms with E-state index in [9.17, 15) is 22.4 Å². The summed E-state index contributed by atoms with van der Waals surface area (Å²) in [5.41, 5.74) is -1.84. The Morgan fingerprint density at radius 2 is 2.00 bits per heavy atom. The number of thiol groups is 1. The van der Waals surface area contributed by atoms with E-state index in [-0.39, 0.29) is 18.2 Å². The summed E-state index contributed by atoms with van der Waals surface area (Å²) < 4.78 is 51.7. The van der Waals surface area contributed by atoms with Crippen LogP contribution in [0.15, 0.2) is 18.2 Å². The zero-order valence-corrected chi connectivity index (χ0v) is 9.93. The third-order valence-corrected chi connectivity index (χ3v) is 3.02. The number of anilines is 1. The summed E-state index contributed by atoms with van der Waals surface area (Å²) in [6.45, 7) is 0.0501. The number of hydrogen-bond donors (Lipinski definition) is 1. The lowest BCUT2D eigenvalue weighted by molar-refractivity contribution is -0.139. The quantitative estimate of drug-likeness (QED) is 0.619. The van der Waals surface area contributed by atoms with Gasteiger partial charge in [-0.1, -0.05) is 6.07 Å². The molecule has 0 aliphatic carbocycles. The molecule has 1 aromatic carbocycles. The molecule has 1 aliphatic heterocycles. The fourth-order valence-electron chi connectivity index (χ4n) is 1.94. The van der Waals surface area contributed by atoms with Gasteiger partial charge in [-0.3, -0.25) is 4.79 Å². The van der Waals surface area contributed by atoms with Crippen LogP contribution in [0.3, 0.4) is 0 Å². The molecule has 1 saturated heterocycles. The lowest BCUT2D eigenvalue weighted by atomic mass is 10.1. The van der Waals surface area contributed by atoms with Crippen molar-refractivity contribution in [3.8, 4) is 0 Å². The first kappa shape index (κ1) is 13.2. The van der Waals surface area contributed by atoms with E-state index in [1.165, 1.54) is 0 Å². The van der Waals surface area contributed by atoms with Crippen molar-refractivity contribution in [3.05, 3.63) is 29.6 Å². The highest BCUT2D eigenvalue weighted by atomic mass is 32.1. The lowest BCUT2D eigenvalue weighted by Gasteiger charge is -2.21. The van der Waals surface area contributed by atoms with E-state index in [4.69, 9.17) is 0 Å². The van der Waals surface area contributed by atoms with E-state index in [2.05, 4.69) is 12.6 Å². The molecule has 2 rings (SSSR count). The molecule has 7 heteroatoms. The molecule has 0 N–H and O–H groups in total. The Hall–Kier alpha value is -1.24. The highest BCUT2D eigenvalue weighted by molar-refractivity contribution is 7.81. The number of carbonyl (C=O) groups is 1. The Balaban J connectivity index is 2.52. The SMILES string of the molecule is O=C1CC(S)CN1c1cccc(F)c1C(F)(F)F. The van der Waals surface area contributed by atoms with Crippen LogP contribution in [0.1, 0.15) is 12.0 Å². The average molecular weight is 279 g/mol. The maximum Gasteiger partial charge on any atom is 0.421 e. The third kappa shape index (κ3) is 2.31. The maximum absolute atomic E-state index is 13.3. The van der Waals surface area contributed by atoms with Gasteiger partial charge in [0.1, 0.15) is 11.4 Å². The molecule has 1 aromatic rings. The van der Waals surface area contributed by atoms with E-state index in [0.717, 1.165) is 23.1 Å². The summed E-state index contributed by atoms with van der Waals surface area (Å²) in [4.78, 5) is 12.5. The number of benzene rings is 1. The van der Waals surface area contributed by atoms with Crippen LogP contribution in [0.25, 0.3) is 0 Å². The predicted octanol–water partition coefficient (Wildman–Crippen LogP) is 2.88. The second-order valence-electron chi connectivity index (χ2n) is 3.99. The monoisotopic (exact) mass is 279 g/mol. The molecule has 0 radical (unpaired) electrons. The Bertz CT molecular complexity index is 488. The molecular formula is C11H9F4NOS. The van der Waals surface area contributed by atoms with Crippen LogP contribution >= 0.6 is 12.6 Å². The van der Waals surface area contributed by atoms with Crippen LogP contribution in [0.2, 0.25) is 0 Å². The Kier molecular flexibility index (Phi) is 3.27. The largest absolute Gasteiger partial charge is 0.421 e. The Labute approximate surface area is 106 Å². The van der Waals surface area contributed by atoms with Crippen LogP contribution in [0.4, 0.5) is 23.2 Å².